The maximum Gasteiger partial charge on any atom is 0.225 e. The molecule has 4 nitrogen and oxygen atoms in total. The fourth-order valence-electron chi connectivity index (χ4n) is 5.46. The summed E-state index contributed by atoms with van der Waals surface area (Å²) >= 11 is 0. The van der Waals surface area contributed by atoms with Gasteiger partial charge in [-0.3, -0.25) is 9.59 Å². The fraction of sp³-hybridized carbons (Fsp3) is 0.917. The molecule has 1 aliphatic carbocycles. The molecule has 3 aliphatic rings. The van der Waals surface area contributed by atoms with Gasteiger partial charge in [-0.2, -0.15) is 0 Å². The van der Waals surface area contributed by atoms with Gasteiger partial charge in [-0.25, -0.2) is 0 Å². The first-order valence-corrected chi connectivity index (χ1v) is 12.1. The second-order valence-corrected chi connectivity index (χ2v) is 9.85. The standard InChI is InChI=1S/C24H42N2O2/c1-3-4-23(27)21-5-7-22(8-6-21)24(28)26-17-12-20(13-18-26)11-16-25-14-9-19(2)10-15-25/h19-22H,3-18H2,1-2H3. The molecule has 0 N–H and O–H groups in total. The van der Waals surface area contributed by atoms with Crippen LogP contribution in [0, 0.1) is 23.7 Å². The van der Waals surface area contributed by atoms with Crippen LogP contribution in [0.5, 0.6) is 0 Å². The zero-order chi connectivity index (χ0) is 19.9. The number of hydrogen-bond acceptors (Lipinski definition) is 3. The van der Waals surface area contributed by atoms with Crippen LogP contribution in [-0.2, 0) is 9.59 Å². The molecule has 1 amide bonds. The molecule has 2 aliphatic heterocycles. The smallest absolute Gasteiger partial charge is 0.225 e. The Hall–Kier alpha value is -0.900. The van der Waals surface area contributed by atoms with E-state index in [2.05, 4.69) is 23.6 Å². The summed E-state index contributed by atoms with van der Waals surface area (Å²) in [6, 6.07) is 0. The molecular weight excluding hydrogens is 348 g/mol. The number of amides is 1. The second-order valence-electron chi connectivity index (χ2n) is 9.85. The van der Waals surface area contributed by atoms with E-state index in [0.29, 0.717) is 18.1 Å². The molecule has 0 unspecified atom stereocenters. The van der Waals surface area contributed by atoms with Crippen molar-refractivity contribution in [2.24, 2.45) is 23.7 Å². The number of carbonyl (C=O) groups is 2. The van der Waals surface area contributed by atoms with Crippen molar-refractivity contribution in [3.05, 3.63) is 0 Å². The lowest BCUT2D eigenvalue weighted by molar-refractivity contribution is -0.139. The number of likely N-dealkylation sites (tertiary alicyclic amines) is 2. The van der Waals surface area contributed by atoms with E-state index in [9.17, 15) is 9.59 Å². The van der Waals surface area contributed by atoms with Crippen molar-refractivity contribution in [1.29, 1.82) is 0 Å². The van der Waals surface area contributed by atoms with Crippen molar-refractivity contribution < 1.29 is 9.59 Å². The summed E-state index contributed by atoms with van der Waals surface area (Å²) in [6.45, 7) is 10.2. The molecule has 0 aromatic rings. The molecule has 0 aromatic heterocycles. The number of nitrogens with zero attached hydrogens (tertiary/aromatic N) is 2. The summed E-state index contributed by atoms with van der Waals surface area (Å²) < 4.78 is 0. The second kappa shape index (κ2) is 10.8. The predicted octanol–water partition coefficient (Wildman–Crippen LogP) is 4.52. The van der Waals surface area contributed by atoms with Crippen LogP contribution >= 0.6 is 0 Å². The molecule has 2 saturated heterocycles. The average molecular weight is 391 g/mol. The van der Waals surface area contributed by atoms with E-state index in [1.54, 1.807) is 0 Å². The van der Waals surface area contributed by atoms with Gasteiger partial charge in [0.25, 0.3) is 0 Å². The van der Waals surface area contributed by atoms with Crippen LogP contribution in [0.25, 0.3) is 0 Å². The molecule has 0 aromatic carbocycles. The van der Waals surface area contributed by atoms with Crippen LogP contribution < -0.4 is 0 Å². The van der Waals surface area contributed by atoms with Gasteiger partial charge in [0.05, 0.1) is 0 Å². The van der Waals surface area contributed by atoms with Gasteiger partial charge >= 0.3 is 0 Å². The van der Waals surface area contributed by atoms with E-state index in [1.807, 2.05) is 0 Å². The molecule has 0 atom stereocenters. The summed E-state index contributed by atoms with van der Waals surface area (Å²) in [5.41, 5.74) is 0. The summed E-state index contributed by atoms with van der Waals surface area (Å²) in [6.07, 6.45) is 11.8. The Morgan fingerprint density at radius 2 is 1.43 bits per heavy atom. The Bertz CT molecular complexity index is 497. The molecule has 1 saturated carbocycles. The molecular formula is C24H42N2O2. The van der Waals surface area contributed by atoms with Gasteiger partial charge < -0.3 is 9.80 Å². The highest BCUT2D eigenvalue weighted by Gasteiger charge is 2.33. The van der Waals surface area contributed by atoms with Gasteiger partial charge in [-0.15, -0.1) is 0 Å². The minimum atomic E-state index is 0.178. The largest absolute Gasteiger partial charge is 0.342 e. The quantitative estimate of drug-likeness (QED) is 0.641. The molecule has 4 heteroatoms. The topological polar surface area (TPSA) is 40.6 Å². The van der Waals surface area contributed by atoms with E-state index >= 15 is 0 Å². The monoisotopic (exact) mass is 390 g/mol. The Morgan fingerprint density at radius 1 is 0.821 bits per heavy atom. The van der Waals surface area contributed by atoms with Crippen LogP contribution in [0.15, 0.2) is 0 Å². The molecule has 3 fully saturated rings. The van der Waals surface area contributed by atoms with Crippen molar-refractivity contribution in [2.75, 3.05) is 32.7 Å². The zero-order valence-corrected chi connectivity index (χ0v) is 18.3. The fourth-order valence-corrected chi connectivity index (χ4v) is 5.46. The lowest BCUT2D eigenvalue weighted by Crippen LogP contribution is -2.43. The lowest BCUT2D eigenvalue weighted by atomic mass is 9.78. The first-order chi connectivity index (χ1) is 13.6. The van der Waals surface area contributed by atoms with Gasteiger partial charge in [0.2, 0.25) is 5.91 Å². The predicted molar refractivity (Wildman–Crippen MR) is 114 cm³/mol. The number of ketones is 1. The van der Waals surface area contributed by atoms with E-state index in [1.165, 1.54) is 51.7 Å². The van der Waals surface area contributed by atoms with Gasteiger partial charge in [0.1, 0.15) is 5.78 Å². The molecule has 0 radical (unpaired) electrons. The van der Waals surface area contributed by atoms with Crippen molar-refractivity contribution in [3.8, 4) is 0 Å². The van der Waals surface area contributed by atoms with E-state index in [4.69, 9.17) is 0 Å². The zero-order valence-electron chi connectivity index (χ0n) is 18.3. The highest BCUT2D eigenvalue weighted by atomic mass is 16.2. The van der Waals surface area contributed by atoms with Crippen molar-refractivity contribution in [2.45, 2.75) is 84.5 Å². The number of carbonyl (C=O) groups excluding carboxylic acids is 2. The van der Waals surface area contributed by atoms with Crippen LogP contribution in [0.1, 0.15) is 84.5 Å². The minimum absolute atomic E-state index is 0.178. The number of piperidine rings is 2. The van der Waals surface area contributed by atoms with Gasteiger partial charge in [0.15, 0.2) is 0 Å². The molecule has 160 valence electrons. The van der Waals surface area contributed by atoms with Crippen molar-refractivity contribution >= 4 is 11.7 Å². The maximum atomic E-state index is 12.9. The molecule has 0 spiro atoms. The van der Waals surface area contributed by atoms with Crippen molar-refractivity contribution in [1.82, 2.24) is 9.80 Å². The van der Waals surface area contributed by atoms with Crippen LogP contribution in [0.4, 0.5) is 0 Å². The summed E-state index contributed by atoms with van der Waals surface area (Å²) in [5.74, 6) is 2.92. The number of hydrogen-bond donors (Lipinski definition) is 0. The number of rotatable bonds is 7. The van der Waals surface area contributed by atoms with E-state index < -0.39 is 0 Å². The molecule has 28 heavy (non-hydrogen) atoms. The van der Waals surface area contributed by atoms with E-state index in [-0.39, 0.29) is 11.8 Å². The highest BCUT2D eigenvalue weighted by Crippen LogP contribution is 2.32. The summed E-state index contributed by atoms with van der Waals surface area (Å²) in [5, 5.41) is 0. The normalized spacial score (nSPS) is 28.4. The Labute approximate surface area is 172 Å². The highest BCUT2D eigenvalue weighted by molar-refractivity contribution is 5.82. The maximum absolute atomic E-state index is 12.9. The third kappa shape index (κ3) is 6.05. The van der Waals surface area contributed by atoms with Crippen LogP contribution in [-0.4, -0.2) is 54.2 Å². The minimum Gasteiger partial charge on any atom is -0.342 e. The van der Waals surface area contributed by atoms with Crippen LogP contribution in [0.2, 0.25) is 0 Å². The molecule has 3 rings (SSSR count). The van der Waals surface area contributed by atoms with Gasteiger partial charge in [0, 0.05) is 31.3 Å². The first-order valence-electron chi connectivity index (χ1n) is 12.1. The molecule has 2 heterocycles. The Balaban J connectivity index is 1.33. The van der Waals surface area contributed by atoms with Gasteiger partial charge in [-0.05, 0) is 95.7 Å². The number of Topliss-reactive ketones (excluding diaryl/α,β-unsaturated/α-hetero) is 1. The van der Waals surface area contributed by atoms with Crippen molar-refractivity contribution in [3.63, 3.8) is 0 Å². The lowest BCUT2D eigenvalue weighted by Gasteiger charge is -2.37. The third-order valence-corrected chi connectivity index (χ3v) is 7.68. The summed E-state index contributed by atoms with van der Waals surface area (Å²) in [7, 11) is 0. The third-order valence-electron chi connectivity index (χ3n) is 7.68. The summed E-state index contributed by atoms with van der Waals surface area (Å²) in [4.78, 5) is 29.8. The Morgan fingerprint density at radius 3 is 2.04 bits per heavy atom. The SMILES string of the molecule is CCCC(=O)C1CCC(C(=O)N2CCC(CCN3CCC(C)CC3)CC2)CC1. The van der Waals surface area contributed by atoms with Gasteiger partial charge in [-0.1, -0.05) is 13.8 Å². The Kier molecular flexibility index (Phi) is 8.37. The van der Waals surface area contributed by atoms with Crippen LogP contribution in [0.3, 0.4) is 0 Å². The van der Waals surface area contributed by atoms with E-state index in [0.717, 1.165) is 57.0 Å². The first kappa shape index (κ1) is 21.8. The average Bonchev–Trinajstić information content (AvgIpc) is 2.73. The molecule has 0 bridgehead atoms.